The molecule has 1 aromatic carbocycles. The molecule has 1 aliphatic heterocycles. The van der Waals surface area contributed by atoms with E-state index in [9.17, 15) is 22.0 Å². The third-order valence-corrected chi connectivity index (χ3v) is 7.74. The van der Waals surface area contributed by atoms with Crippen molar-refractivity contribution < 1.29 is 26.7 Å². The van der Waals surface area contributed by atoms with Crippen LogP contribution in [0.3, 0.4) is 0 Å². The number of halogens is 6. The normalized spacial score (nSPS) is 17.5. The van der Waals surface area contributed by atoms with E-state index in [-0.39, 0.29) is 23.5 Å². The number of aromatic nitrogens is 8. The van der Waals surface area contributed by atoms with Crippen LogP contribution in [0.1, 0.15) is 31.5 Å². The van der Waals surface area contributed by atoms with Gasteiger partial charge in [0.25, 0.3) is 0 Å². The summed E-state index contributed by atoms with van der Waals surface area (Å²) < 4.78 is 77.5. The summed E-state index contributed by atoms with van der Waals surface area (Å²) in [5.41, 5.74) is -0.713. The van der Waals surface area contributed by atoms with Crippen molar-refractivity contribution in [1.82, 2.24) is 45.3 Å². The summed E-state index contributed by atoms with van der Waals surface area (Å²) in [7, 11) is 0. The number of benzene rings is 1. The maximum absolute atomic E-state index is 14.5. The van der Waals surface area contributed by atoms with Crippen LogP contribution in [0.2, 0.25) is 5.02 Å². The second-order valence-corrected chi connectivity index (χ2v) is 11.0. The number of ether oxygens (including phenoxy) is 1. The van der Waals surface area contributed by atoms with Crippen LogP contribution in [0, 0.1) is 5.41 Å². The van der Waals surface area contributed by atoms with Crippen LogP contribution in [0.4, 0.5) is 33.6 Å². The van der Waals surface area contributed by atoms with Crippen molar-refractivity contribution in [2.75, 3.05) is 18.4 Å². The molecule has 222 valence electrons. The van der Waals surface area contributed by atoms with Crippen LogP contribution in [0.5, 0.6) is 5.75 Å². The molecule has 0 bridgehead atoms. The van der Waals surface area contributed by atoms with E-state index in [1.807, 2.05) is 6.92 Å². The lowest BCUT2D eigenvalue weighted by Crippen LogP contribution is -2.60. The van der Waals surface area contributed by atoms with Gasteiger partial charge in [-0.05, 0) is 53.3 Å². The van der Waals surface area contributed by atoms with Crippen molar-refractivity contribution in [1.29, 1.82) is 0 Å². The highest BCUT2D eigenvalue weighted by molar-refractivity contribution is 6.32. The van der Waals surface area contributed by atoms with Gasteiger partial charge < -0.3 is 15.4 Å². The maximum atomic E-state index is 14.5. The molecule has 1 atom stereocenters. The average molecular weight is 611 g/mol. The van der Waals surface area contributed by atoms with Gasteiger partial charge in [-0.3, -0.25) is 4.68 Å². The van der Waals surface area contributed by atoms with Crippen LogP contribution in [0.15, 0.2) is 43.1 Å². The lowest BCUT2D eigenvalue weighted by atomic mass is 9.62. The van der Waals surface area contributed by atoms with Gasteiger partial charge in [0, 0.05) is 37.2 Å². The van der Waals surface area contributed by atoms with Gasteiger partial charge in [0.05, 0.1) is 23.3 Å². The smallest absolute Gasteiger partial charge is 0.459 e. The number of hydrogen-bond donors (Lipinski definition) is 2. The summed E-state index contributed by atoms with van der Waals surface area (Å²) in [6, 6.07) is 4.75. The molecule has 3 aromatic heterocycles. The van der Waals surface area contributed by atoms with Crippen molar-refractivity contribution in [3.8, 4) is 16.9 Å². The number of rotatable bonds is 9. The fraction of sp³-hybridized carbons (Fsp3) is 0.440. The average Bonchev–Trinajstić information content (AvgIpc) is 3.54. The van der Waals surface area contributed by atoms with Gasteiger partial charge in [0.1, 0.15) is 18.2 Å². The lowest BCUT2D eigenvalue weighted by molar-refractivity contribution is -0.290. The highest BCUT2D eigenvalue weighted by Crippen LogP contribution is 2.52. The van der Waals surface area contributed by atoms with Crippen molar-refractivity contribution >= 4 is 23.2 Å². The first-order valence-electron chi connectivity index (χ1n) is 12.9. The zero-order chi connectivity index (χ0) is 29.7. The van der Waals surface area contributed by atoms with Crippen molar-refractivity contribution in [3.63, 3.8) is 0 Å². The molecule has 1 spiro atoms. The topological polar surface area (TPSA) is 120 Å². The molecule has 4 aromatic rings. The summed E-state index contributed by atoms with van der Waals surface area (Å²) >= 11 is 6.31. The van der Waals surface area contributed by atoms with Crippen LogP contribution in [-0.4, -0.2) is 65.3 Å². The van der Waals surface area contributed by atoms with Gasteiger partial charge in [-0.25, -0.2) is 14.6 Å². The van der Waals surface area contributed by atoms with E-state index in [1.54, 1.807) is 18.2 Å². The minimum atomic E-state index is -5.83. The highest BCUT2D eigenvalue weighted by Gasteiger charge is 2.62. The molecule has 6 rings (SSSR count). The molecule has 0 radical (unpaired) electrons. The number of alkyl halides is 5. The zero-order valence-electron chi connectivity index (χ0n) is 22.0. The van der Waals surface area contributed by atoms with E-state index in [4.69, 9.17) is 16.3 Å². The fourth-order valence-corrected chi connectivity index (χ4v) is 5.31. The Hall–Kier alpha value is -3.92. The van der Waals surface area contributed by atoms with E-state index in [2.05, 4.69) is 41.2 Å². The molecule has 42 heavy (non-hydrogen) atoms. The van der Waals surface area contributed by atoms with E-state index in [1.165, 1.54) is 28.1 Å². The maximum Gasteiger partial charge on any atom is 0.459 e. The van der Waals surface area contributed by atoms with E-state index >= 15 is 0 Å². The highest BCUT2D eigenvalue weighted by atomic mass is 35.5. The van der Waals surface area contributed by atoms with E-state index < -0.39 is 23.5 Å². The fourth-order valence-electron chi connectivity index (χ4n) is 5.15. The van der Waals surface area contributed by atoms with Crippen LogP contribution < -0.4 is 15.4 Å². The van der Waals surface area contributed by atoms with E-state index in [0.29, 0.717) is 41.3 Å². The molecule has 2 aliphatic rings. The predicted molar refractivity (Wildman–Crippen MR) is 139 cm³/mol. The van der Waals surface area contributed by atoms with Gasteiger partial charge in [0.15, 0.2) is 5.69 Å². The van der Waals surface area contributed by atoms with E-state index in [0.717, 1.165) is 19.3 Å². The van der Waals surface area contributed by atoms with Gasteiger partial charge in [0.2, 0.25) is 5.95 Å². The molecular weight excluding hydrogens is 587 g/mol. The summed E-state index contributed by atoms with van der Waals surface area (Å²) in [6.45, 7) is 3.79. The van der Waals surface area contributed by atoms with Crippen molar-refractivity contribution in [2.45, 2.75) is 50.6 Å². The first-order chi connectivity index (χ1) is 19.9. The molecule has 2 fully saturated rings. The summed E-state index contributed by atoms with van der Waals surface area (Å²) in [5, 5.41) is 20.7. The third-order valence-electron chi connectivity index (χ3n) is 7.42. The Bertz CT molecular complexity index is 1550. The summed E-state index contributed by atoms with van der Waals surface area (Å²) in [4.78, 5) is 8.28. The molecule has 1 saturated carbocycles. The van der Waals surface area contributed by atoms with Crippen molar-refractivity contribution in [2.24, 2.45) is 5.41 Å². The molecule has 0 amide bonds. The minimum absolute atomic E-state index is 0.0647. The molecule has 0 unspecified atom stereocenters. The molecule has 2 N–H and O–H groups in total. The summed E-state index contributed by atoms with van der Waals surface area (Å²) in [6.07, 6.45) is 0.553. The van der Waals surface area contributed by atoms with Gasteiger partial charge in [-0.15, -0.1) is 5.10 Å². The number of anilines is 2. The Labute approximate surface area is 240 Å². The molecule has 17 heteroatoms. The molecular formula is C25H24ClF5N10O. The monoisotopic (exact) mass is 610 g/mol. The lowest BCUT2D eigenvalue weighted by Gasteiger charge is -2.54. The third kappa shape index (κ3) is 5.35. The second-order valence-electron chi connectivity index (χ2n) is 10.6. The molecule has 1 aliphatic carbocycles. The second kappa shape index (κ2) is 10.4. The first-order valence-corrected chi connectivity index (χ1v) is 13.3. The number of nitrogens with one attached hydrogen (secondary N) is 2. The molecule has 11 nitrogen and oxygen atoms in total. The minimum Gasteiger partial charge on any atom is -0.487 e. The quantitative estimate of drug-likeness (QED) is 0.258. The number of hydrogen-bond acceptors (Lipinski definition) is 9. The Balaban J connectivity index is 1.20. The Morgan fingerprint density at radius 1 is 1.14 bits per heavy atom. The van der Waals surface area contributed by atoms with Gasteiger partial charge in [-0.1, -0.05) is 17.7 Å². The predicted octanol–water partition coefficient (Wildman–Crippen LogP) is 4.77. The first kappa shape index (κ1) is 28.2. The van der Waals surface area contributed by atoms with Crippen LogP contribution >= 0.6 is 11.6 Å². The van der Waals surface area contributed by atoms with Crippen LogP contribution in [-0.2, 0) is 12.5 Å². The van der Waals surface area contributed by atoms with Crippen molar-refractivity contribution in [3.05, 3.63) is 53.8 Å². The Kier molecular flexibility index (Phi) is 7.00. The SMILES string of the molecule is C[C@@H](Cn1cnnn1)Oc1cc(-c2cnc(Nc3cn(C4CC5(CNC5)C4)nc3C(F)(F)C(F)(F)F)nc2)ccc1Cl. The number of nitrogens with zero attached hydrogens (tertiary/aromatic N) is 8. The molecule has 4 heterocycles. The van der Waals surface area contributed by atoms with Gasteiger partial charge >= 0.3 is 12.1 Å². The Morgan fingerprint density at radius 3 is 2.50 bits per heavy atom. The van der Waals surface area contributed by atoms with Gasteiger partial charge in [-0.2, -0.15) is 27.1 Å². The molecule has 1 saturated heterocycles. The standard InChI is InChI=1S/C25H24ClF5N10O/c1-14(9-40-13-35-38-39-40)42-20-4-15(2-3-18(20)26)16-7-33-22(34-8-16)36-19-10-41(17-5-23(6-17)11-32-12-23)37-21(19)24(27,28)25(29,30)31/h2-4,7-8,10,13-14,17,32H,5-6,9,11-12H2,1H3,(H,33,34,36)/t14-/m0/s1. The number of tetrazole rings is 1. The summed E-state index contributed by atoms with van der Waals surface area (Å²) in [5.74, 6) is -4.97. The Morgan fingerprint density at radius 2 is 1.88 bits per heavy atom. The zero-order valence-corrected chi connectivity index (χ0v) is 22.7. The van der Waals surface area contributed by atoms with Crippen LogP contribution in [0.25, 0.3) is 11.1 Å². The largest absolute Gasteiger partial charge is 0.487 e.